The summed E-state index contributed by atoms with van der Waals surface area (Å²) in [6, 6.07) is 66.8. The fraction of sp³-hybridized carbons (Fsp3) is 0.0847. The number of benzene rings is 9. The summed E-state index contributed by atoms with van der Waals surface area (Å²) in [5.74, 6) is 0. The van der Waals surface area contributed by atoms with Gasteiger partial charge in [0.05, 0.1) is 0 Å². The standard InChI is InChI=1S/C55H36.C4H10/c1-34(36-17-6-3-7-18-36)32-48-41-23-12-13-24-42(41)49-33-39(31-35(2)50(48)49)40-29-30-47-53-43(40)27-16-28-46(53)54-51(37-19-8-4-9-20-37)44-25-14-15-26-45(44)52(55(47)54)38-21-10-5-11-22-38;1-3-4-2/h3-33H,1H2,2H3;3-4H2,1-2H3/b48-32-;. The van der Waals surface area contributed by atoms with Crippen molar-refractivity contribution in [1.82, 2.24) is 0 Å². The molecule has 0 atom stereocenters. The molecule has 0 bridgehead atoms. The van der Waals surface area contributed by atoms with E-state index in [1.807, 2.05) is 0 Å². The van der Waals surface area contributed by atoms with Gasteiger partial charge in [-0.15, -0.1) is 0 Å². The highest BCUT2D eigenvalue weighted by Gasteiger charge is 2.32. The minimum Gasteiger partial charge on any atom is -0.0911 e. The van der Waals surface area contributed by atoms with Crippen LogP contribution in [0, 0.1) is 6.92 Å². The van der Waals surface area contributed by atoms with Gasteiger partial charge in [0.25, 0.3) is 0 Å². The molecule has 0 radical (unpaired) electrons. The van der Waals surface area contributed by atoms with Crippen LogP contribution < -0.4 is 0 Å². The molecule has 2 aliphatic rings. The van der Waals surface area contributed by atoms with Gasteiger partial charge < -0.3 is 0 Å². The topological polar surface area (TPSA) is 0 Å². The van der Waals surface area contributed by atoms with Crippen LogP contribution in [0.2, 0.25) is 0 Å². The first kappa shape index (κ1) is 36.3. The van der Waals surface area contributed by atoms with Crippen molar-refractivity contribution in [2.75, 3.05) is 0 Å². The summed E-state index contributed by atoms with van der Waals surface area (Å²) in [6.45, 7) is 11.1. The van der Waals surface area contributed by atoms with Gasteiger partial charge in [0.2, 0.25) is 0 Å². The van der Waals surface area contributed by atoms with E-state index >= 15 is 0 Å². The van der Waals surface area contributed by atoms with Crippen molar-refractivity contribution in [1.29, 1.82) is 0 Å². The zero-order valence-electron chi connectivity index (χ0n) is 34.0. The average Bonchev–Trinajstić information content (AvgIpc) is 3.80. The number of unbranched alkanes of at least 4 members (excludes halogenated alkanes) is 1. The number of rotatable bonds is 6. The molecule has 9 aromatic rings. The van der Waals surface area contributed by atoms with Crippen molar-refractivity contribution >= 4 is 32.7 Å². The Bertz CT molecular complexity index is 3010. The van der Waals surface area contributed by atoms with E-state index in [1.165, 1.54) is 123 Å². The molecule has 59 heavy (non-hydrogen) atoms. The van der Waals surface area contributed by atoms with Gasteiger partial charge in [-0.1, -0.05) is 209 Å². The van der Waals surface area contributed by atoms with Crippen molar-refractivity contribution in [3.05, 3.63) is 217 Å². The highest BCUT2D eigenvalue weighted by atomic mass is 14.3. The molecule has 0 unspecified atom stereocenters. The third kappa shape index (κ3) is 5.98. The molecule has 0 N–H and O–H groups in total. The predicted molar refractivity (Wildman–Crippen MR) is 256 cm³/mol. The van der Waals surface area contributed by atoms with Gasteiger partial charge in [-0.25, -0.2) is 0 Å². The molecule has 0 heteroatoms. The van der Waals surface area contributed by atoms with Crippen LogP contribution in [0.5, 0.6) is 0 Å². The van der Waals surface area contributed by atoms with Crippen LogP contribution >= 0.6 is 0 Å². The van der Waals surface area contributed by atoms with E-state index in [0.29, 0.717) is 0 Å². The van der Waals surface area contributed by atoms with Crippen molar-refractivity contribution in [3.63, 3.8) is 0 Å². The summed E-state index contributed by atoms with van der Waals surface area (Å²) in [5, 5.41) is 5.18. The van der Waals surface area contributed by atoms with Gasteiger partial charge in [-0.2, -0.15) is 0 Å². The summed E-state index contributed by atoms with van der Waals surface area (Å²) in [6.07, 6.45) is 4.92. The zero-order chi connectivity index (χ0) is 40.0. The van der Waals surface area contributed by atoms with E-state index in [-0.39, 0.29) is 0 Å². The summed E-state index contributed by atoms with van der Waals surface area (Å²) in [5.41, 5.74) is 22.7. The van der Waals surface area contributed by atoms with Crippen LogP contribution in [0.4, 0.5) is 0 Å². The lowest BCUT2D eigenvalue weighted by Gasteiger charge is -2.20. The molecule has 0 saturated heterocycles. The second kappa shape index (κ2) is 15.1. The van der Waals surface area contributed by atoms with E-state index in [1.54, 1.807) is 0 Å². The summed E-state index contributed by atoms with van der Waals surface area (Å²) < 4.78 is 0. The van der Waals surface area contributed by atoms with Crippen LogP contribution in [-0.2, 0) is 0 Å². The molecule has 282 valence electrons. The predicted octanol–water partition coefficient (Wildman–Crippen LogP) is 16.9. The second-order valence-electron chi connectivity index (χ2n) is 15.9. The first-order valence-electron chi connectivity index (χ1n) is 21.0. The Kier molecular flexibility index (Phi) is 9.27. The van der Waals surface area contributed by atoms with Gasteiger partial charge >= 0.3 is 0 Å². The Balaban J connectivity index is 0.00000101. The molecule has 0 aliphatic heterocycles. The molecule has 2 aliphatic carbocycles. The fourth-order valence-electron chi connectivity index (χ4n) is 9.52. The highest BCUT2D eigenvalue weighted by Crippen LogP contribution is 2.59. The monoisotopic (exact) mass is 754 g/mol. The van der Waals surface area contributed by atoms with E-state index in [2.05, 4.69) is 215 Å². The highest BCUT2D eigenvalue weighted by molar-refractivity contribution is 6.29. The third-order valence-electron chi connectivity index (χ3n) is 12.3. The van der Waals surface area contributed by atoms with Crippen LogP contribution in [-0.4, -0.2) is 0 Å². The number of aryl methyl sites for hydroxylation is 1. The van der Waals surface area contributed by atoms with Gasteiger partial charge in [0.15, 0.2) is 0 Å². The Labute approximate surface area is 348 Å². The van der Waals surface area contributed by atoms with E-state index in [4.69, 9.17) is 0 Å². The average molecular weight is 755 g/mol. The smallest absolute Gasteiger partial charge is 0.000741 e. The maximum Gasteiger partial charge on any atom is -0.000741 e. The summed E-state index contributed by atoms with van der Waals surface area (Å²) in [4.78, 5) is 0. The molecule has 0 amide bonds. The summed E-state index contributed by atoms with van der Waals surface area (Å²) in [7, 11) is 0. The third-order valence-corrected chi connectivity index (χ3v) is 12.3. The lowest BCUT2D eigenvalue weighted by molar-refractivity contribution is 0.886. The maximum absolute atomic E-state index is 4.49. The minimum absolute atomic E-state index is 1.02. The Morgan fingerprint density at radius 2 is 0.898 bits per heavy atom. The number of hydrogen-bond donors (Lipinski definition) is 0. The Morgan fingerprint density at radius 1 is 0.407 bits per heavy atom. The van der Waals surface area contributed by atoms with Gasteiger partial charge in [0, 0.05) is 0 Å². The van der Waals surface area contributed by atoms with E-state index in [0.717, 1.165) is 11.1 Å². The van der Waals surface area contributed by atoms with Crippen molar-refractivity contribution in [3.8, 4) is 66.8 Å². The molecule has 0 nitrogen and oxygen atoms in total. The zero-order valence-corrected chi connectivity index (χ0v) is 34.0. The van der Waals surface area contributed by atoms with E-state index in [9.17, 15) is 0 Å². The first-order chi connectivity index (χ1) is 29.1. The van der Waals surface area contributed by atoms with Crippen molar-refractivity contribution in [2.24, 2.45) is 0 Å². The fourth-order valence-corrected chi connectivity index (χ4v) is 9.52. The molecule has 0 saturated carbocycles. The molecule has 0 aromatic heterocycles. The molecular formula is C59H46. The Morgan fingerprint density at radius 3 is 1.51 bits per heavy atom. The molecule has 0 fully saturated rings. The van der Waals surface area contributed by atoms with Gasteiger partial charge in [-0.05, 0) is 141 Å². The van der Waals surface area contributed by atoms with Gasteiger partial charge in [-0.3, -0.25) is 0 Å². The van der Waals surface area contributed by atoms with Crippen LogP contribution in [0.15, 0.2) is 195 Å². The van der Waals surface area contributed by atoms with Crippen LogP contribution in [0.3, 0.4) is 0 Å². The largest absolute Gasteiger partial charge is 0.0911 e. The SMILES string of the molecule is C=C(/C=C1/c2ccccc2-c2cc(-c3ccc4c5c(cccc35)-c3c-4c(-c4ccccc4)c4ccccc4c3-c3ccccc3)cc(C)c21)c1ccccc1.CCCC. The number of fused-ring (bicyclic) bond motifs is 7. The molecule has 9 aromatic carbocycles. The second-order valence-corrected chi connectivity index (χ2v) is 15.9. The number of hydrogen-bond acceptors (Lipinski definition) is 0. The maximum atomic E-state index is 4.49. The molecule has 0 spiro atoms. The van der Waals surface area contributed by atoms with Crippen molar-refractivity contribution in [2.45, 2.75) is 33.6 Å². The quantitative estimate of drug-likeness (QED) is 0.159. The first-order valence-corrected chi connectivity index (χ1v) is 21.0. The minimum atomic E-state index is 1.02. The molecule has 0 heterocycles. The molecular weight excluding hydrogens is 709 g/mol. The van der Waals surface area contributed by atoms with Crippen LogP contribution in [0.1, 0.15) is 48.9 Å². The lowest BCUT2D eigenvalue weighted by Crippen LogP contribution is -1.93. The molecule has 11 rings (SSSR count). The van der Waals surface area contributed by atoms with Gasteiger partial charge in [0.1, 0.15) is 0 Å². The Hall–Kier alpha value is -7.02. The number of allylic oxidation sites excluding steroid dienone is 2. The van der Waals surface area contributed by atoms with E-state index < -0.39 is 0 Å². The lowest BCUT2D eigenvalue weighted by atomic mass is 9.82. The normalized spacial score (nSPS) is 12.6. The van der Waals surface area contributed by atoms with Crippen LogP contribution in [0.25, 0.3) is 99.5 Å². The summed E-state index contributed by atoms with van der Waals surface area (Å²) >= 11 is 0. The van der Waals surface area contributed by atoms with Crippen molar-refractivity contribution < 1.29 is 0 Å².